The third-order valence-corrected chi connectivity index (χ3v) is 4.46. The first-order valence-corrected chi connectivity index (χ1v) is 7.85. The number of hydrazone groups is 1. The fourth-order valence-electron chi connectivity index (χ4n) is 2.23. The SMILES string of the molecule is CC(=NNC(=O)c1ccc(C)s1)c1ccc2ccccc2c1. The summed E-state index contributed by atoms with van der Waals surface area (Å²) in [6, 6.07) is 18.1. The highest BCUT2D eigenvalue weighted by Gasteiger charge is 2.07. The van der Waals surface area contributed by atoms with Crippen molar-refractivity contribution in [3.05, 3.63) is 69.9 Å². The highest BCUT2D eigenvalue weighted by molar-refractivity contribution is 7.13. The molecular weight excluding hydrogens is 292 g/mol. The molecule has 110 valence electrons. The maximum absolute atomic E-state index is 12.0. The molecule has 0 bridgehead atoms. The smallest absolute Gasteiger partial charge is 0.266 e. The van der Waals surface area contributed by atoms with Crippen molar-refractivity contribution >= 4 is 33.7 Å². The Hall–Kier alpha value is -2.46. The molecule has 0 unspecified atom stereocenters. The molecule has 2 aromatic carbocycles. The van der Waals surface area contributed by atoms with Crippen LogP contribution in [0.2, 0.25) is 0 Å². The second-order valence-corrected chi connectivity index (χ2v) is 6.40. The Labute approximate surface area is 133 Å². The van der Waals surface area contributed by atoms with Gasteiger partial charge in [-0.3, -0.25) is 4.79 Å². The average Bonchev–Trinajstić information content (AvgIpc) is 2.98. The quantitative estimate of drug-likeness (QED) is 0.567. The second kappa shape index (κ2) is 6.12. The number of carbonyl (C=O) groups excluding carboxylic acids is 1. The Bertz CT molecular complexity index is 864. The largest absolute Gasteiger partial charge is 0.281 e. The van der Waals surface area contributed by atoms with Crippen LogP contribution in [0.3, 0.4) is 0 Å². The van der Waals surface area contributed by atoms with Gasteiger partial charge >= 0.3 is 0 Å². The fourth-order valence-corrected chi connectivity index (χ4v) is 2.98. The molecule has 1 aromatic heterocycles. The molecule has 3 nitrogen and oxygen atoms in total. The minimum absolute atomic E-state index is 0.168. The average molecular weight is 308 g/mol. The van der Waals surface area contributed by atoms with E-state index in [2.05, 4.69) is 34.8 Å². The molecule has 0 aliphatic carbocycles. The van der Waals surface area contributed by atoms with Crippen molar-refractivity contribution in [3.63, 3.8) is 0 Å². The second-order valence-electron chi connectivity index (χ2n) is 5.11. The normalized spacial score (nSPS) is 11.6. The molecule has 0 radical (unpaired) electrons. The summed E-state index contributed by atoms with van der Waals surface area (Å²) in [4.78, 5) is 13.8. The lowest BCUT2D eigenvalue weighted by atomic mass is 10.0. The van der Waals surface area contributed by atoms with Crippen LogP contribution in [0.1, 0.15) is 27.0 Å². The Morgan fingerprint density at radius 3 is 2.55 bits per heavy atom. The zero-order chi connectivity index (χ0) is 15.5. The van der Waals surface area contributed by atoms with Crippen LogP contribution in [0.25, 0.3) is 10.8 Å². The van der Waals surface area contributed by atoms with Crippen molar-refractivity contribution in [3.8, 4) is 0 Å². The van der Waals surface area contributed by atoms with Crippen LogP contribution in [0, 0.1) is 6.92 Å². The van der Waals surface area contributed by atoms with Crippen molar-refractivity contribution in [2.24, 2.45) is 5.10 Å². The zero-order valence-corrected chi connectivity index (χ0v) is 13.3. The van der Waals surface area contributed by atoms with Crippen LogP contribution in [-0.4, -0.2) is 11.6 Å². The number of benzene rings is 2. The van der Waals surface area contributed by atoms with Gasteiger partial charge in [0.1, 0.15) is 0 Å². The molecule has 4 heteroatoms. The van der Waals surface area contributed by atoms with Gasteiger partial charge in [0.2, 0.25) is 0 Å². The van der Waals surface area contributed by atoms with E-state index >= 15 is 0 Å². The van der Waals surface area contributed by atoms with E-state index in [1.807, 2.05) is 44.2 Å². The van der Waals surface area contributed by atoms with Gasteiger partial charge in [0, 0.05) is 4.88 Å². The summed E-state index contributed by atoms with van der Waals surface area (Å²) in [5.74, 6) is -0.168. The van der Waals surface area contributed by atoms with Crippen LogP contribution in [0.5, 0.6) is 0 Å². The number of aryl methyl sites for hydroxylation is 1. The Balaban J connectivity index is 1.79. The number of nitrogens with zero attached hydrogens (tertiary/aromatic N) is 1. The summed E-state index contributed by atoms with van der Waals surface area (Å²) in [7, 11) is 0. The van der Waals surface area contributed by atoms with E-state index in [4.69, 9.17) is 0 Å². The minimum Gasteiger partial charge on any atom is -0.266 e. The number of amides is 1. The molecule has 1 amide bonds. The monoisotopic (exact) mass is 308 g/mol. The molecule has 0 fully saturated rings. The van der Waals surface area contributed by atoms with Crippen molar-refractivity contribution in [1.82, 2.24) is 5.43 Å². The molecule has 0 saturated carbocycles. The van der Waals surface area contributed by atoms with Gasteiger partial charge in [-0.2, -0.15) is 5.10 Å². The van der Waals surface area contributed by atoms with Crippen LogP contribution >= 0.6 is 11.3 Å². The highest BCUT2D eigenvalue weighted by atomic mass is 32.1. The van der Waals surface area contributed by atoms with Crippen molar-refractivity contribution < 1.29 is 4.79 Å². The molecule has 0 spiro atoms. The summed E-state index contributed by atoms with van der Waals surface area (Å²) < 4.78 is 0. The molecule has 3 aromatic rings. The zero-order valence-electron chi connectivity index (χ0n) is 12.5. The molecule has 1 N–H and O–H groups in total. The van der Waals surface area contributed by atoms with E-state index in [1.165, 1.54) is 16.7 Å². The number of thiophene rings is 1. The van der Waals surface area contributed by atoms with E-state index in [9.17, 15) is 4.79 Å². The van der Waals surface area contributed by atoms with Crippen LogP contribution < -0.4 is 5.43 Å². The predicted octanol–water partition coefficient (Wildman–Crippen LogP) is 4.36. The summed E-state index contributed by atoms with van der Waals surface area (Å²) in [6.45, 7) is 3.87. The summed E-state index contributed by atoms with van der Waals surface area (Å²) in [5.41, 5.74) is 4.40. The van der Waals surface area contributed by atoms with Gasteiger partial charge in [0.05, 0.1) is 10.6 Å². The number of carbonyl (C=O) groups is 1. The lowest BCUT2D eigenvalue weighted by molar-refractivity contribution is 0.0959. The van der Waals surface area contributed by atoms with Gasteiger partial charge in [-0.15, -0.1) is 11.3 Å². The topological polar surface area (TPSA) is 41.5 Å². The number of hydrogen-bond donors (Lipinski definition) is 1. The number of rotatable bonds is 3. The van der Waals surface area contributed by atoms with Gasteiger partial charge < -0.3 is 0 Å². The first-order valence-electron chi connectivity index (χ1n) is 7.04. The standard InChI is InChI=1S/C18H16N2OS/c1-12-7-10-17(22-12)18(21)20-19-13(2)15-9-8-14-5-3-4-6-16(14)11-15/h3-11H,1-2H3,(H,20,21). The van der Waals surface area contributed by atoms with E-state index in [-0.39, 0.29) is 5.91 Å². The molecule has 3 rings (SSSR count). The Morgan fingerprint density at radius 1 is 1.05 bits per heavy atom. The van der Waals surface area contributed by atoms with E-state index in [1.54, 1.807) is 0 Å². The van der Waals surface area contributed by atoms with E-state index in [0.717, 1.165) is 21.5 Å². The summed E-state index contributed by atoms with van der Waals surface area (Å²) in [6.07, 6.45) is 0. The molecule has 1 heterocycles. The van der Waals surface area contributed by atoms with Gasteiger partial charge in [-0.1, -0.05) is 36.4 Å². The van der Waals surface area contributed by atoms with Crippen molar-refractivity contribution in [2.45, 2.75) is 13.8 Å². The third-order valence-electron chi connectivity index (χ3n) is 3.46. The Kier molecular flexibility index (Phi) is 4.02. The maximum Gasteiger partial charge on any atom is 0.281 e. The van der Waals surface area contributed by atoms with Crippen LogP contribution in [0.15, 0.2) is 59.7 Å². The lowest BCUT2D eigenvalue weighted by Crippen LogP contribution is -2.18. The first-order chi connectivity index (χ1) is 10.6. The molecule has 0 aliphatic heterocycles. The third kappa shape index (κ3) is 3.07. The van der Waals surface area contributed by atoms with Gasteiger partial charge in [0.25, 0.3) is 5.91 Å². The fraction of sp³-hybridized carbons (Fsp3) is 0.111. The summed E-state index contributed by atoms with van der Waals surface area (Å²) in [5, 5.41) is 6.56. The van der Waals surface area contributed by atoms with E-state index < -0.39 is 0 Å². The lowest BCUT2D eigenvalue weighted by Gasteiger charge is -2.04. The molecule has 0 aliphatic rings. The predicted molar refractivity (Wildman–Crippen MR) is 92.7 cm³/mol. The first kappa shape index (κ1) is 14.5. The maximum atomic E-state index is 12.0. The van der Waals surface area contributed by atoms with E-state index in [0.29, 0.717) is 4.88 Å². The van der Waals surface area contributed by atoms with Crippen molar-refractivity contribution in [2.75, 3.05) is 0 Å². The minimum atomic E-state index is -0.168. The molecule has 0 saturated heterocycles. The molecular formula is C18H16N2OS. The number of nitrogens with one attached hydrogen (secondary N) is 1. The van der Waals surface area contributed by atoms with Gasteiger partial charge in [0.15, 0.2) is 0 Å². The Morgan fingerprint density at radius 2 is 1.82 bits per heavy atom. The number of hydrogen-bond acceptors (Lipinski definition) is 3. The van der Waals surface area contributed by atoms with Crippen molar-refractivity contribution in [1.29, 1.82) is 0 Å². The van der Waals surface area contributed by atoms with Gasteiger partial charge in [-0.05, 0) is 48.4 Å². The summed E-state index contributed by atoms with van der Waals surface area (Å²) >= 11 is 1.46. The number of fused-ring (bicyclic) bond motifs is 1. The van der Waals surface area contributed by atoms with Crippen LogP contribution in [-0.2, 0) is 0 Å². The highest BCUT2D eigenvalue weighted by Crippen LogP contribution is 2.17. The molecule has 0 atom stereocenters. The van der Waals surface area contributed by atoms with Crippen LogP contribution in [0.4, 0.5) is 0 Å². The molecule has 22 heavy (non-hydrogen) atoms. The van der Waals surface area contributed by atoms with Gasteiger partial charge in [-0.25, -0.2) is 5.43 Å².